The molecule has 9 nitrogen and oxygen atoms in total. The molecule has 2 unspecified atom stereocenters. The fourth-order valence-corrected chi connectivity index (χ4v) is 12.6. The molecule has 0 aliphatic rings. The second kappa shape index (κ2) is 83.3. The zero-order chi connectivity index (χ0) is 74.6. The molecule has 0 aliphatic heterocycles. The van der Waals surface area contributed by atoms with Crippen molar-refractivity contribution in [3.63, 3.8) is 0 Å². The van der Waals surface area contributed by atoms with Crippen LogP contribution in [-0.2, 0) is 33.3 Å². The van der Waals surface area contributed by atoms with Crippen LogP contribution in [0.25, 0.3) is 0 Å². The largest absolute Gasteiger partial charge is 0.477 e. The number of unbranched alkanes of at least 4 members (excludes halogenated alkanes) is 46. The standard InChI is InChI=1S/C94H165NO8/c1-6-8-10-12-14-16-18-20-22-24-26-28-30-32-34-36-38-40-42-44-45-46-47-49-50-52-54-56-58-60-62-64-66-68-70-72-74-76-78-80-82-84-91(96)101-88-90(89-102-94(93(98)99)100-87-86-95(3,4)5)103-92(97)85-83-81-79-77-75-73-71-69-67-65-63-61-59-57-55-53-51-48-43-41-39-37-35-33-31-29-27-25-23-21-19-17-15-13-11-9-7-2/h9,11,15,17-18,20-21,23-24,26-27,29,33,35,39,41,48,51,55,57,90,94H,6-8,10,12-14,16,19,22,25,28,30-32,34,36-38,40,42-47,49-50,52-54,56,58-89H2,1-5H3/p+1/b11-9-,17-15-,20-18-,23-21-,26-24-,29-27-,35-33-,41-39-,51-48-,57-55-. The van der Waals surface area contributed by atoms with Crippen molar-refractivity contribution in [2.75, 3.05) is 47.5 Å². The second-order valence-electron chi connectivity index (χ2n) is 30.5. The second-order valence-corrected chi connectivity index (χ2v) is 30.5. The number of nitrogens with zero attached hydrogens (tertiary/aromatic N) is 1. The number of likely N-dealkylation sites (N-methyl/N-ethyl adjacent to an activating group) is 1. The van der Waals surface area contributed by atoms with Crippen LogP contribution in [0.1, 0.15) is 399 Å². The summed E-state index contributed by atoms with van der Waals surface area (Å²) in [4.78, 5) is 37.8. The molecular weight excluding hydrogens is 1270 g/mol. The van der Waals surface area contributed by atoms with Crippen LogP contribution in [0.4, 0.5) is 0 Å². The third kappa shape index (κ3) is 84.8. The molecule has 0 spiro atoms. The average molecular weight is 1440 g/mol. The van der Waals surface area contributed by atoms with Crippen LogP contribution in [0.3, 0.4) is 0 Å². The first-order valence-electron chi connectivity index (χ1n) is 43.7. The van der Waals surface area contributed by atoms with Crippen molar-refractivity contribution in [2.45, 2.75) is 411 Å². The molecule has 0 saturated heterocycles. The highest BCUT2D eigenvalue weighted by atomic mass is 16.7. The minimum absolute atomic E-state index is 0.183. The zero-order valence-corrected chi connectivity index (χ0v) is 68.2. The van der Waals surface area contributed by atoms with Gasteiger partial charge in [-0.05, 0) is 109 Å². The number of rotatable bonds is 81. The first-order chi connectivity index (χ1) is 50.6. The van der Waals surface area contributed by atoms with E-state index in [2.05, 4.69) is 135 Å². The van der Waals surface area contributed by atoms with Gasteiger partial charge >= 0.3 is 17.9 Å². The van der Waals surface area contributed by atoms with Crippen molar-refractivity contribution in [2.24, 2.45) is 0 Å². The van der Waals surface area contributed by atoms with E-state index in [-0.39, 0.29) is 32.2 Å². The molecule has 594 valence electrons. The molecule has 0 fully saturated rings. The molecule has 0 radical (unpaired) electrons. The molecule has 0 saturated carbocycles. The summed E-state index contributed by atoms with van der Waals surface area (Å²) in [5.74, 6) is -1.99. The van der Waals surface area contributed by atoms with Crippen LogP contribution >= 0.6 is 0 Å². The summed E-state index contributed by atoms with van der Waals surface area (Å²) in [6, 6.07) is 0. The molecule has 0 rings (SSSR count). The number of esters is 2. The summed E-state index contributed by atoms with van der Waals surface area (Å²) in [5.41, 5.74) is 0. The monoisotopic (exact) mass is 1440 g/mol. The molecule has 1 N–H and O–H groups in total. The lowest BCUT2D eigenvalue weighted by Gasteiger charge is -2.25. The molecule has 2 atom stereocenters. The highest BCUT2D eigenvalue weighted by molar-refractivity contribution is 5.71. The van der Waals surface area contributed by atoms with Gasteiger partial charge in [0.05, 0.1) is 34.4 Å². The lowest BCUT2D eigenvalue weighted by Crippen LogP contribution is -2.40. The summed E-state index contributed by atoms with van der Waals surface area (Å²) < 4.78 is 23.1. The maximum absolute atomic E-state index is 13.0. The SMILES string of the molecule is CC/C=C\C/C=C\C/C=C\C/C=C\C/C=C\C/C=C\C/C=C\C/C=C\CCCCCCCCCCCCCCC(=O)OC(COC(=O)CCCCCCCCCCCCCCCCCCCCCCCCCCCCCCC/C=C\C/C=C\CCCCCCC)COC(OCC[N+](C)(C)C)C(=O)O. The molecular formula is C94H166NO8+. The quantitative estimate of drug-likeness (QED) is 0.0211. The number of hydrogen-bond acceptors (Lipinski definition) is 7. The maximum atomic E-state index is 13.0. The van der Waals surface area contributed by atoms with Gasteiger partial charge in [-0.3, -0.25) is 9.59 Å². The van der Waals surface area contributed by atoms with Gasteiger partial charge in [0.1, 0.15) is 13.2 Å². The Morgan fingerprint density at radius 1 is 0.301 bits per heavy atom. The number of quaternary nitrogens is 1. The van der Waals surface area contributed by atoms with Crippen LogP contribution in [-0.4, -0.2) is 87.4 Å². The van der Waals surface area contributed by atoms with E-state index in [0.717, 1.165) is 96.3 Å². The summed E-state index contributed by atoms with van der Waals surface area (Å²) >= 11 is 0. The first kappa shape index (κ1) is 98.7. The molecule has 9 heteroatoms. The number of carboxylic acids is 1. The van der Waals surface area contributed by atoms with Crippen molar-refractivity contribution in [1.82, 2.24) is 0 Å². The van der Waals surface area contributed by atoms with Gasteiger partial charge in [0.25, 0.3) is 6.29 Å². The Balaban J connectivity index is 3.97. The van der Waals surface area contributed by atoms with Crippen LogP contribution in [0.2, 0.25) is 0 Å². The predicted octanol–water partition coefficient (Wildman–Crippen LogP) is 28.6. The lowest BCUT2D eigenvalue weighted by molar-refractivity contribution is -0.870. The van der Waals surface area contributed by atoms with E-state index >= 15 is 0 Å². The topological polar surface area (TPSA) is 108 Å². The minimum atomic E-state index is -1.52. The van der Waals surface area contributed by atoms with Crippen molar-refractivity contribution >= 4 is 17.9 Å². The van der Waals surface area contributed by atoms with Gasteiger partial charge in [0, 0.05) is 12.8 Å². The van der Waals surface area contributed by atoms with Gasteiger partial charge in [-0.1, -0.05) is 399 Å². The molecule has 0 heterocycles. The number of allylic oxidation sites excluding steroid dienone is 20. The Hall–Kier alpha value is -4.31. The van der Waals surface area contributed by atoms with Crippen LogP contribution in [0.5, 0.6) is 0 Å². The van der Waals surface area contributed by atoms with E-state index in [1.54, 1.807) is 0 Å². The number of carboxylic acid groups (broad SMARTS) is 1. The lowest BCUT2D eigenvalue weighted by atomic mass is 10.0. The van der Waals surface area contributed by atoms with Gasteiger partial charge in [-0.25, -0.2) is 4.79 Å². The Bertz CT molecular complexity index is 2120. The Kier molecular flexibility index (Phi) is 79.8. The van der Waals surface area contributed by atoms with E-state index in [0.29, 0.717) is 23.9 Å². The van der Waals surface area contributed by atoms with Gasteiger partial charge < -0.3 is 28.5 Å². The number of aliphatic carboxylic acids is 1. The maximum Gasteiger partial charge on any atom is 0.361 e. The molecule has 103 heavy (non-hydrogen) atoms. The van der Waals surface area contributed by atoms with Gasteiger partial charge in [-0.2, -0.15) is 0 Å². The fourth-order valence-electron chi connectivity index (χ4n) is 12.6. The zero-order valence-electron chi connectivity index (χ0n) is 68.2. The van der Waals surface area contributed by atoms with Crippen molar-refractivity contribution in [3.05, 3.63) is 122 Å². The van der Waals surface area contributed by atoms with Crippen molar-refractivity contribution < 1.29 is 42.9 Å². The van der Waals surface area contributed by atoms with Crippen LogP contribution in [0.15, 0.2) is 122 Å². The summed E-state index contributed by atoms with van der Waals surface area (Å²) in [6.45, 7) is 4.79. The van der Waals surface area contributed by atoms with Gasteiger partial charge in [-0.15, -0.1) is 0 Å². The van der Waals surface area contributed by atoms with E-state index in [4.69, 9.17) is 18.9 Å². The van der Waals surface area contributed by atoms with E-state index in [1.807, 2.05) is 21.1 Å². The number of carbonyl (C=O) groups is 3. The first-order valence-corrected chi connectivity index (χ1v) is 43.7. The Morgan fingerprint density at radius 3 is 0.825 bits per heavy atom. The van der Waals surface area contributed by atoms with Crippen molar-refractivity contribution in [1.29, 1.82) is 0 Å². The molecule has 0 aliphatic carbocycles. The van der Waals surface area contributed by atoms with E-state index in [9.17, 15) is 19.5 Å². The molecule has 0 aromatic heterocycles. The minimum Gasteiger partial charge on any atom is -0.477 e. The Labute approximate surface area is 637 Å². The summed E-state index contributed by atoms with van der Waals surface area (Å²) in [5, 5.41) is 9.79. The number of carbonyl (C=O) groups excluding carboxylic acids is 2. The molecule has 0 bridgehead atoms. The molecule has 0 aromatic carbocycles. The fraction of sp³-hybridized carbons (Fsp3) is 0.755. The predicted molar refractivity (Wildman–Crippen MR) is 447 cm³/mol. The number of hydrogen-bond donors (Lipinski definition) is 1. The molecule has 0 amide bonds. The average Bonchev–Trinajstić information content (AvgIpc) is 1.16. The van der Waals surface area contributed by atoms with Gasteiger partial charge in [0.15, 0.2) is 6.10 Å². The van der Waals surface area contributed by atoms with Crippen LogP contribution < -0.4 is 0 Å². The third-order valence-electron chi connectivity index (χ3n) is 19.2. The smallest absolute Gasteiger partial charge is 0.361 e. The van der Waals surface area contributed by atoms with E-state index < -0.39 is 24.3 Å². The van der Waals surface area contributed by atoms with Crippen molar-refractivity contribution in [3.8, 4) is 0 Å². The third-order valence-corrected chi connectivity index (χ3v) is 19.2. The summed E-state index contributed by atoms with van der Waals surface area (Å²) in [6.07, 6.45) is 117. The Morgan fingerprint density at radius 2 is 0.553 bits per heavy atom. The highest BCUT2D eigenvalue weighted by Crippen LogP contribution is 2.20. The van der Waals surface area contributed by atoms with Crippen LogP contribution in [0, 0.1) is 0 Å². The normalized spacial score (nSPS) is 13.2. The van der Waals surface area contributed by atoms with Gasteiger partial charge in [0.2, 0.25) is 0 Å². The number of ether oxygens (including phenoxy) is 4. The van der Waals surface area contributed by atoms with E-state index in [1.165, 1.54) is 270 Å². The molecule has 0 aromatic rings. The highest BCUT2D eigenvalue weighted by Gasteiger charge is 2.25. The summed E-state index contributed by atoms with van der Waals surface area (Å²) in [7, 11) is 5.99.